The molecule has 0 aliphatic heterocycles. The van der Waals surface area contributed by atoms with Crippen molar-refractivity contribution in [2.75, 3.05) is 0 Å². The van der Waals surface area contributed by atoms with E-state index >= 15 is 0 Å². The van der Waals surface area contributed by atoms with Gasteiger partial charge in [0.15, 0.2) is 0 Å². The Balaban J connectivity index is 3.34. The molecule has 0 bridgehead atoms. The molecule has 0 amide bonds. The van der Waals surface area contributed by atoms with Gasteiger partial charge in [-0.3, -0.25) is 0 Å². The summed E-state index contributed by atoms with van der Waals surface area (Å²) < 4.78 is 24.8. The second kappa shape index (κ2) is 2.28. The topological polar surface area (TPSA) is 25.8 Å². The van der Waals surface area contributed by atoms with Crippen LogP contribution in [0.1, 0.15) is 11.1 Å². The Labute approximate surface area is 56.9 Å². The van der Waals surface area contributed by atoms with Crippen LogP contribution in [0.4, 0.5) is 8.78 Å². The van der Waals surface area contributed by atoms with Crippen LogP contribution in [0.5, 0.6) is 0 Å². The predicted octanol–water partition coefficient (Wildman–Crippen LogP) is 1.37. The van der Waals surface area contributed by atoms with Gasteiger partial charge in [0.2, 0.25) is 11.9 Å². The largest absolute Gasteiger partial charge is 0.236 e. The van der Waals surface area contributed by atoms with Gasteiger partial charge in [0, 0.05) is 11.1 Å². The number of halogens is 2. The molecule has 1 heterocycles. The number of rotatable bonds is 0. The fraction of sp³-hybridized carbons (Fsp3) is 0.333. The van der Waals surface area contributed by atoms with E-state index in [2.05, 4.69) is 10.2 Å². The molecule has 54 valence electrons. The van der Waals surface area contributed by atoms with Crippen molar-refractivity contribution >= 4 is 0 Å². The van der Waals surface area contributed by atoms with Crippen molar-refractivity contribution in [3.05, 3.63) is 23.0 Å². The van der Waals surface area contributed by atoms with Crippen LogP contribution in [0.25, 0.3) is 0 Å². The van der Waals surface area contributed by atoms with Gasteiger partial charge in [0.25, 0.3) is 0 Å². The summed E-state index contributed by atoms with van der Waals surface area (Å²) in [5.41, 5.74) is 0.431. The summed E-state index contributed by atoms with van der Waals surface area (Å²) in [5, 5.41) is 5.89. The zero-order valence-electron chi connectivity index (χ0n) is 5.65. The molecule has 0 spiro atoms. The first-order valence-electron chi connectivity index (χ1n) is 2.78. The van der Waals surface area contributed by atoms with Crippen LogP contribution in [-0.2, 0) is 0 Å². The molecule has 0 radical (unpaired) electrons. The zero-order valence-corrected chi connectivity index (χ0v) is 5.65. The maximum absolute atomic E-state index is 12.4. The Morgan fingerprint density at radius 3 is 1.50 bits per heavy atom. The van der Waals surface area contributed by atoms with Gasteiger partial charge in [-0.05, 0) is 13.8 Å². The first kappa shape index (κ1) is 7.05. The molecule has 0 saturated carbocycles. The molecule has 0 atom stereocenters. The van der Waals surface area contributed by atoms with Gasteiger partial charge in [-0.25, -0.2) is 0 Å². The van der Waals surface area contributed by atoms with Gasteiger partial charge >= 0.3 is 0 Å². The second-order valence-corrected chi connectivity index (χ2v) is 2.03. The van der Waals surface area contributed by atoms with Gasteiger partial charge in [0.05, 0.1) is 0 Å². The highest BCUT2D eigenvalue weighted by molar-refractivity contribution is 5.18. The van der Waals surface area contributed by atoms with Crippen molar-refractivity contribution in [3.8, 4) is 0 Å². The van der Waals surface area contributed by atoms with E-state index in [0.29, 0.717) is 0 Å². The predicted molar refractivity (Wildman–Crippen MR) is 31.4 cm³/mol. The van der Waals surface area contributed by atoms with Crippen LogP contribution in [-0.4, -0.2) is 10.2 Å². The van der Waals surface area contributed by atoms with E-state index in [9.17, 15) is 8.78 Å². The Morgan fingerprint density at radius 1 is 0.900 bits per heavy atom. The average Bonchev–Trinajstić information content (AvgIpc) is 1.93. The molecule has 10 heavy (non-hydrogen) atoms. The summed E-state index contributed by atoms with van der Waals surface area (Å²) >= 11 is 0. The zero-order chi connectivity index (χ0) is 7.72. The van der Waals surface area contributed by atoms with Gasteiger partial charge in [-0.1, -0.05) is 0 Å². The molecule has 1 rings (SSSR count). The van der Waals surface area contributed by atoms with E-state index in [4.69, 9.17) is 0 Å². The molecular formula is C6H6F2N2. The molecule has 0 N–H and O–H groups in total. The summed E-state index contributed by atoms with van der Waals surface area (Å²) in [7, 11) is 0. The summed E-state index contributed by atoms with van der Waals surface area (Å²) in [4.78, 5) is 0. The molecule has 0 aromatic carbocycles. The average molecular weight is 144 g/mol. The third kappa shape index (κ3) is 0.964. The summed E-state index contributed by atoms with van der Waals surface area (Å²) in [6.07, 6.45) is 0. The minimum atomic E-state index is -0.709. The van der Waals surface area contributed by atoms with Crippen LogP contribution in [0, 0.1) is 25.7 Å². The van der Waals surface area contributed by atoms with Crippen molar-refractivity contribution in [1.29, 1.82) is 0 Å². The smallest absolute Gasteiger partial charge is 0.183 e. The van der Waals surface area contributed by atoms with Crippen molar-refractivity contribution in [2.24, 2.45) is 0 Å². The third-order valence-electron chi connectivity index (χ3n) is 1.41. The molecule has 0 aliphatic rings. The van der Waals surface area contributed by atoms with Gasteiger partial charge < -0.3 is 0 Å². The lowest BCUT2D eigenvalue weighted by molar-refractivity contribution is 0.493. The Kier molecular flexibility index (Phi) is 1.61. The van der Waals surface area contributed by atoms with E-state index in [1.807, 2.05) is 0 Å². The van der Waals surface area contributed by atoms with E-state index in [1.54, 1.807) is 0 Å². The van der Waals surface area contributed by atoms with Crippen LogP contribution in [0.3, 0.4) is 0 Å². The lowest BCUT2D eigenvalue weighted by Crippen LogP contribution is -1.99. The highest BCUT2D eigenvalue weighted by Crippen LogP contribution is 2.09. The number of hydrogen-bond acceptors (Lipinski definition) is 2. The number of aromatic nitrogens is 2. The van der Waals surface area contributed by atoms with Crippen molar-refractivity contribution in [1.82, 2.24) is 10.2 Å². The highest BCUT2D eigenvalue weighted by atomic mass is 19.1. The van der Waals surface area contributed by atoms with E-state index in [0.717, 1.165) is 0 Å². The molecule has 0 saturated heterocycles. The SMILES string of the molecule is Cc1c(F)nnc(F)c1C. The van der Waals surface area contributed by atoms with Gasteiger partial charge in [-0.2, -0.15) is 8.78 Å². The van der Waals surface area contributed by atoms with Crippen molar-refractivity contribution in [3.63, 3.8) is 0 Å². The molecule has 0 aliphatic carbocycles. The maximum atomic E-state index is 12.4. The standard InChI is InChI=1S/C6H6F2N2/c1-3-4(2)6(8)10-9-5(3)7/h1-2H3. The third-order valence-corrected chi connectivity index (χ3v) is 1.41. The Bertz CT molecular complexity index is 233. The molecule has 2 nitrogen and oxygen atoms in total. The molecule has 0 fully saturated rings. The molecule has 1 aromatic rings. The molecular weight excluding hydrogens is 138 g/mol. The minimum Gasteiger partial charge on any atom is -0.183 e. The summed E-state index contributed by atoms with van der Waals surface area (Å²) in [6.45, 7) is 2.92. The van der Waals surface area contributed by atoms with E-state index in [1.165, 1.54) is 13.8 Å². The van der Waals surface area contributed by atoms with Crippen molar-refractivity contribution < 1.29 is 8.78 Å². The molecule has 4 heteroatoms. The van der Waals surface area contributed by atoms with E-state index < -0.39 is 11.9 Å². The Morgan fingerprint density at radius 2 is 1.20 bits per heavy atom. The second-order valence-electron chi connectivity index (χ2n) is 2.03. The summed E-state index contributed by atoms with van der Waals surface area (Å²) in [5.74, 6) is -1.42. The summed E-state index contributed by atoms with van der Waals surface area (Å²) in [6, 6.07) is 0. The fourth-order valence-corrected chi connectivity index (χ4v) is 0.547. The van der Waals surface area contributed by atoms with Crippen LogP contribution in [0.2, 0.25) is 0 Å². The van der Waals surface area contributed by atoms with Gasteiger partial charge in [-0.15, -0.1) is 10.2 Å². The Hall–Kier alpha value is -1.06. The first-order valence-corrected chi connectivity index (χ1v) is 2.78. The number of nitrogens with zero attached hydrogens (tertiary/aromatic N) is 2. The monoisotopic (exact) mass is 144 g/mol. The number of hydrogen-bond donors (Lipinski definition) is 0. The van der Waals surface area contributed by atoms with Crippen molar-refractivity contribution in [2.45, 2.75) is 13.8 Å². The van der Waals surface area contributed by atoms with Crippen LogP contribution >= 0.6 is 0 Å². The van der Waals surface area contributed by atoms with Crippen LogP contribution < -0.4 is 0 Å². The minimum absolute atomic E-state index is 0.215. The fourth-order valence-electron chi connectivity index (χ4n) is 0.547. The maximum Gasteiger partial charge on any atom is 0.236 e. The first-order chi connectivity index (χ1) is 4.63. The normalized spacial score (nSPS) is 10.0. The van der Waals surface area contributed by atoms with E-state index in [-0.39, 0.29) is 11.1 Å². The van der Waals surface area contributed by atoms with Gasteiger partial charge in [0.1, 0.15) is 0 Å². The molecule has 0 unspecified atom stereocenters. The lowest BCUT2D eigenvalue weighted by atomic mass is 10.2. The molecule has 1 aromatic heterocycles. The lowest BCUT2D eigenvalue weighted by Gasteiger charge is -1.97. The quantitative estimate of drug-likeness (QED) is 0.549. The van der Waals surface area contributed by atoms with Crippen LogP contribution in [0.15, 0.2) is 0 Å². The highest BCUT2D eigenvalue weighted by Gasteiger charge is 2.06.